The molecule has 0 N–H and O–H groups in total. The molecule has 1 aliphatic carbocycles. The van der Waals surface area contributed by atoms with Crippen LogP contribution in [-0.2, 0) is 9.47 Å². The summed E-state index contributed by atoms with van der Waals surface area (Å²) in [5.41, 5.74) is 0. The van der Waals surface area contributed by atoms with E-state index in [-0.39, 0.29) is 5.79 Å². The highest BCUT2D eigenvalue weighted by Crippen LogP contribution is 2.34. The molecule has 0 saturated heterocycles. The minimum Gasteiger partial charge on any atom is -0.353 e. The van der Waals surface area contributed by atoms with Gasteiger partial charge in [0.2, 0.25) is 0 Å². The molecule has 0 aromatic carbocycles. The van der Waals surface area contributed by atoms with Gasteiger partial charge >= 0.3 is 0 Å². The molecular weight excluding hydrogens is 152 g/mol. The van der Waals surface area contributed by atoms with E-state index < -0.39 is 0 Å². The lowest BCUT2D eigenvalue weighted by Crippen LogP contribution is -2.39. The Morgan fingerprint density at radius 1 is 1.00 bits per heavy atom. The first kappa shape index (κ1) is 10.0. The Kier molecular flexibility index (Phi) is 3.53. The van der Waals surface area contributed by atoms with Crippen LogP contribution in [0.15, 0.2) is 0 Å². The Balaban J connectivity index is 2.51. The van der Waals surface area contributed by atoms with Crippen molar-refractivity contribution in [1.29, 1.82) is 0 Å². The highest BCUT2D eigenvalue weighted by molar-refractivity contribution is 4.77. The van der Waals surface area contributed by atoms with Crippen LogP contribution >= 0.6 is 0 Å². The topological polar surface area (TPSA) is 18.5 Å². The van der Waals surface area contributed by atoms with Crippen molar-refractivity contribution in [3.63, 3.8) is 0 Å². The van der Waals surface area contributed by atoms with E-state index in [0.717, 1.165) is 0 Å². The normalized spacial score (nSPS) is 21.2. The number of rotatable bonds is 3. The number of methoxy groups -OCH3 is 2. The maximum absolute atomic E-state index is 5.40. The zero-order valence-corrected chi connectivity index (χ0v) is 8.43. The summed E-state index contributed by atoms with van der Waals surface area (Å²) in [5.74, 6) is 0.238. The fourth-order valence-corrected chi connectivity index (χ4v) is 2.04. The Hall–Kier alpha value is -0.0800. The lowest BCUT2D eigenvalue weighted by molar-refractivity contribution is -0.232. The third kappa shape index (κ3) is 1.99. The average molecular weight is 172 g/mol. The lowest BCUT2D eigenvalue weighted by Gasteiger charge is -2.37. The molecular formula is C10H20O2. The predicted octanol–water partition coefficient (Wildman–Crippen LogP) is 2.58. The van der Waals surface area contributed by atoms with Crippen LogP contribution in [0.3, 0.4) is 0 Å². The molecule has 12 heavy (non-hydrogen) atoms. The van der Waals surface area contributed by atoms with Gasteiger partial charge in [0.15, 0.2) is 5.79 Å². The molecule has 0 heterocycles. The smallest absolute Gasteiger partial charge is 0.167 e. The van der Waals surface area contributed by atoms with E-state index in [4.69, 9.17) is 9.47 Å². The second kappa shape index (κ2) is 4.24. The lowest BCUT2D eigenvalue weighted by atomic mass is 9.83. The van der Waals surface area contributed by atoms with E-state index in [1.807, 2.05) is 6.92 Å². The fourth-order valence-electron chi connectivity index (χ4n) is 2.04. The van der Waals surface area contributed by atoms with Crippen LogP contribution in [0.2, 0.25) is 0 Å². The number of ether oxygens (including phenoxy) is 2. The molecule has 0 unspecified atom stereocenters. The Bertz CT molecular complexity index is 124. The molecule has 1 aliphatic rings. The van der Waals surface area contributed by atoms with Gasteiger partial charge in [-0.1, -0.05) is 19.3 Å². The van der Waals surface area contributed by atoms with Gasteiger partial charge in [-0.05, 0) is 19.8 Å². The molecule has 1 saturated carbocycles. The summed E-state index contributed by atoms with van der Waals surface area (Å²) >= 11 is 0. The van der Waals surface area contributed by atoms with Gasteiger partial charge in [-0.2, -0.15) is 0 Å². The first-order chi connectivity index (χ1) is 5.73. The van der Waals surface area contributed by atoms with Gasteiger partial charge in [-0.25, -0.2) is 0 Å². The number of hydrogen-bond donors (Lipinski definition) is 0. The SMILES string of the molecule is COC(C)(OC)C1CCCCC1. The minimum atomic E-state index is -0.347. The van der Waals surface area contributed by atoms with Crippen molar-refractivity contribution >= 4 is 0 Å². The molecule has 2 nitrogen and oxygen atoms in total. The monoisotopic (exact) mass is 172 g/mol. The average Bonchev–Trinajstić information content (AvgIpc) is 2.18. The maximum atomic E-state index is 5.40. The molecule has 0 radical (unpaired) electrons. The summed E-state index contributed by atoms with van der Waals surface area (Å²) in [6.45, 7) is 2.04. The van der Waals surface area contributed by atoms with E-state index in [1.54, 1.807) is 14.2 Å². The second-order valence-electron chi connectivity index (χ2n) is 3.76. The van der Waals surface area contributed by atoms with Gasteiger partial charge in [0, 0.05) is 20.1 Å². The van der Waals surface area contributed by atoms with Crippen LogP contribution in [0, 0.1) is 5.92 Å². The van der Waals surface area contributed by atoms with E-state index in [0.29, 0.717) is 5.92 Å². The molecule has 0 amide bonds. The Morgan fingerprint density at radius 3 is 1.92 bits per heavy atom. The largest absolute Gasteiger partial charge is 0.353 e. The van der Waals surface area contributed by atoms with E-state index in [1.165, 1.54) is 32.1 Å². The van der Waals surface area contributed by atoms with Gasteiger partial charge in [0.1, 0.15) is 0 Å². The van der Waals surface area contributed by atoms with Crippen LogP contribution < -0.4 is 0 Å². The Morgan fingerprint density at radius 2 is 1.50 bits per heavy atom. The van der Waals surface area contributed by atoms with Crippen LogP contribution in [0.4, 0.5) is 0 Å². The zero-order valence-electron chi connectivity index (χ0n) is 8.43. The summed E-state index contributed by atoms with van der Waals surface area (Å²) in [6, 6.07) is 0. The van der Waals surface area contributed by atoms with Crippen molar-refractivity contribution < 1.29 is 9.47 Å². The van der Waals surface area contributed by atoms with Gasteiger partial charge in [0.25, 0.3) is 0 Å². The van der Waals surface area contributed by atoms with Crippen LogP contribution in [0.25, 0.3) is 0 Å². The molecule has 0 aliphatic heterocycles. The molecule has 1 rings (SSSR count). The molecule has 0 bridgehead atoms. The quantitative estimate of drug-likeness (QED) is 0.609. The third-order valence-corrected chi connectivity index (χ3v) is 3.16. The second-order valence-corrected chi connectivity index (χ2v) is 3.76. The maximum Gasteiger partial charge on any atom is 0.167 e. The molecule has 0 aromatic rings. The standard InChI is InChI=1S/C10H20O2/c1-10(11-2,12-3)9-7-5-4-6-8-9/h9H,4-8H2,1-3H3. The van der Waals surface area contributed by atoms with Crippen molar-refractivity contribution in [3.05, 3.63) is 0 Å². The highest BCUT2D eigenvalue weighted by Gasteiger charge is 2.34. The first-order valence-corrected chi connectivity index (χ1v) is 4.83. The van der Waals surface area contributed by atoms with Crippen LogP contribution in [0.5, 0.6) is 0 Å². The summed E-state index contributed by atoms with van der Waals surface area (Å²) in [7, 11) is 3.47. The summed E-state index contributed by atoms with van der Waals surface area (Å²) in [6.07, 6.45) is 6.52. The van der Waals surface area contributed by atoms with Crippen molar-refractivity contribution in [2.45, 2.75) is 44.8 Å². The predicted molar refractivity (Wildman–Crippen MR) is 49.0 cm³/mol. The van der Waals surface area contributed by atoms with E-state index >= 15 is 0 Å². The van der Waals surface area contributed by atoms with Gasteiger partial charge in [-0.3, -0.25) is 0 Å². The van der Waals surface area contributed by atoms with Gasteiger partial charge in [0.05, 0.1) is 0 Å². The summed E-state index contributed by atoms with van der Waals surface area (Å²) in [5, 5.41) is 0. The van der Waals surface area contributed by atoms with E-state index in [2.05, 4.69) is 0 Å². The van der Waals surface area contributed by atoms with Gasteiger partial charge in [-0.15, -0.1) is 0 Å². The summed E-state index contributed by atoms with van der Waals surface area (Å²) < 4.78 is 10.8. The van der Waals surface area contributed by atoms with Crippen LogP contribution in [0.1, 0.15) is 39.0 Å². The molecule has 0 spiro atoms. The van der Waals surface area contributed by atoms with Gasteiger partial charge < -0.3 is 9.47 Å². The zero-order chi connectivity index (χ0) is 9.03. The molecule has 0 aromatic heterocycles. The first-order valence-electron chi connectivity index (χ1n) is 4.83. The van der Waals surface area contributed by atoms with Crippen molar-refractivity contribution in [2.75, 3.05) is 14.2 Å². The van der Waals surface area contributed by atoms with Crippen molar-refractivity contribution in [1.82, 2.24) is 0 Å². The molecule has 2 heteroatoms. The molecule has 72 valence electrons. The minimum absolute atomic E-state index is 0.347. The molecule has 1 fully saturated rings. The highest BCUT2D eigenvalue weighted by atomic mass is 16.7. The summed E-state index contributed by atoms with van der Waals surface area (Å²) in [4.78, 5) is 0. The van der Waals surface area contributed by atoms with Crippen molar-refractivity contribution in [3.8, 4) is 0 Å². The van der Waals surface area contributed by atoms with E-state index in [9.17, 15) is 0 Å². The molecule has 0 atom stereocenters. The van der Waals surface area contributed by atoms with Crippen molar-refractivity contribution in [2.24, 2.45) is 5.92 Å². The number of hydrogen-bond acceptors (Lipinski definition) is 2. The Labute approximate surface area is 75.2 Å². The third-order valence-electron chi connectivity index (χ3n) is 3.16. The fraction of sp³-hybridized carbons (Fsp3) is 1.00. The van der Waals surface area contributed by atoms with Crippen LogP contribution in [-0.4, -0.2) is 20.0 Å².